The Kier molecular flexibility index (Phi) is 1.98. The number of hydrogen-bond acceptors (Lipinski definition) is 3. The molecule has 0 aliphatic heterocycles. The van der Waals surface area contributed by atoms with E-state index in [9.17, 15) is 8.42 Å². The predicted octanol–water partition coefficient (Wildman–Crippen LogP) is 0.682. The van der Waals surface area contributed by atoms with Crippen LogP contribution in [-0.2, 0) is 10.0 Å². The molecular weight excluding hydrogens is 200 g/mol. The van der Waals surface area contributed by atoms with E-state index in [-0.39, 0.29) is 4.90 Å². The lowest BCUT2D eigenvalue weighted by atomic mass is 10.2. The number of nitrogens with zero attached hydrogens (tertiary/aromatic N) is 1. The first kappa shape index (κ1) is 9.11. The Hall–Kier alpha value is -1.46. The van der Waals surface area contributed by atoms with Crippen LogP contribution >= 0.6 is 0 Å². The maximum atomic E-state index is 11.0. The van der Waals surface area contributed by atoms with Crippen LogP contribution in [0.3, 0.4) is 0 Å². The van der Waals surface area contributed by atoms with Crippen molar-refractivity contribution in [3.63, 3.8) is 0 Å². The fourth-order valence-electron chi connectivity index (χ4n) is 1.15. The van der Waals surface area contributed by atoms with Crippen LogP contribution < -0.4 is 5.14 Å². The second-order valence-electron chi connectivity index (χ2n) is 2.84. The molecule has 1 aromatic heterocycles. The molecule has 0 atom stereocenters. The molecule has 1 radical (unpaired) electrons. The van der Waals surface area contributed by atoms with Crippen molar-refractivity contribution in [1.29, 1.82) is 0 Å². The van der Waals surface area contributed by atoms with Gasteiger partial charge in [-0.15, -0.1) is 0 Å². The molecule has 0 aliphatic carbocycles. The molecule has 0 unspecified atom stereocenters. The van der Waals surface area contributed by atoms with E-state index in [1.165, 1.54) is 6.07 Å². The van der Waals surface area contributed by atoms with Gasteiger partial charge in [-0.3, -0.25) is 0 Å². The van der Waals surface area contributed by atoms with Gasteiger partial charge in [0.25, 0.3) is 0 Å². The SMILES string of the molecule is NS(=O)(=O)c1[c]nc2ccccc2c1. The molecule has 0 fully saturated rings. The molecule has 14 heavy (non-hydrogen) atoms. The smallest absolute Gasteiger partial charge is 0.240 e. The second kappa shape index (κ2) is 3.04. The van der Waals surface area contributed by atoms with Crippen LogP contribution in [0.5, 0.6) is 0 Å². The maximum Gasteiger partial charge on any atom is 0.240 e. The van der Waals surface area contributed by atoms with Crippen LogP contribution in [0.1, 0.15) is 0 Å². The van der Waals surface area contributed by atoms with E-state index >= 15 is 0 Å². The summed E-state index contributed by atoms with van der Waals surface area (Å²) in [5, 5.41) is 5.68. The summed E-state index contributed by atoms with van der Waals surface area (Å²) in [6.45, 7) is 0. The second-order valence-corrected chi connectivity index (χ2v) is 4.37. The molecule has 0 amide bonds. The lowest BCUT2D eigenvalue weighted by Gasteiger charge is -1.98. The molecule has 0 saturated heterocycles. The zero-order chi connectivity index (χ0) is 10.2. The van der Waals surface area contributed by atoms with Crippen LogP contribution in [0, 0.1) is 6.20 Å². The first-order valence-corrected chi connectivity index (χ1v) is 5.42. The average molecular weight is 207 g/mol. The predicted molar refractivity (Wildman–Crippen MR) is 52.0 cm³/mol. The zero-order valence-electron chi connectivity index (χ0n) is 7.14. The van der Waals surface area contributed by atoms with Crippen molar-refractivity contribution in [3.05, 3.63) is 36.5 Å². The number of benzene rings is 1. The highest BCUT2D eigenvalue weighted by molar-refractivity contribution is 7.89. The molecule has 0 saturated carbocycles. The van der Waals surface area contributed by atoms with E-state index in [2.05, 4.69) is 11.2 Å². The summed E-state index contributed by atoms with van der Waals surface area (Å²) in [4.78, 5) is 3.78. The third-order valence-electron chi connectivity index (χ3n) is 1.82. The molecular formula is C9H7N2O2S. The van der Waals surface area contributed by atoms with E-state index < -0.39 is 10.0 Å². The van der Waals surface area contributed by atoms with Crippen LogP contribution in [0.25, 0.3) is 10.9 Å². The minimum Gasteiger partial charge on any atom is -0.245 e. The molecule has 0 aliphatic rings. The molecule has 71 valence electrons. The third-order valence-corrected chi connectivity index (χ3v) is 2.64. The van der Waals surface area contributed by atoms with Gasteiger partial charge in [0, 0.05) is 5.39 Å². The average Bonchev–Trinajstić information content (AvgIpc) is 2.16. The fourth-order valence-corrected chi connectivity index (χ4v) is 1.61. The van der Waals surface area contributed by atoms with Crippen molar-refractivity contribution in [2.24, 2.45) is 5.14 Å². The van der Waals surface area contributed by atoms with E-state index in [0.717, 1.165) is 5.39 Å². The Morgan fingerprint density at radius 3 is 2.71 bits per heavy atom. The van der Waals surface area contributed by atoms with Gasteiger partial charge in [-0.1, -0.05) is 18.2 Å². The van der Waals surface area contributed by atoms with Crippen molar-refractivity contribution in [1.82, 2.24) is 4.98 Å². The molecule has 5 heteroatoms. The number of para-hydroxylation sites is 1. The van der Waals surface area contributed by atoms with E-state index in [1.54, 1.807) is 18.2 Å². The monoisotopic (exact) mass is 207 g/mol. The van der Waals surface area contributed by atoms with Gasteiger partial charge < -0.3 is 0 Å². The fraction of sp³-hybridized carbons (Fsp3) is 0. The topological polar surface area (TPSA) is 73.1 Å². The normalized spacial score (nSPS) is 11.8. The zero-order valence-corrected chi connectivity index (χ0v) is 7.95. The lowest BCUT2D eigenvalue weighted by Crippen LogP contribution is -2.12. The Labute approximate surface area is 81.4 Å². The number of aromatic nitrogens is 1. The van der Waals surface area contributed by atoms with Gasteiger partial charge in [-0.25, -0.2) is 18.5 Å². The van der Waals surface area contributed by atoms with Gasteiger partial charge in [-0.05, 0) is 12.1 Å². The van der Waals surface area contributed by atoms with Gasteiger partial charge in [0.1, 0.15) is 11.1 Å². The third kappa shape index (κ3) is 1.59. The summed E-state index contributed by atoms with van der Waals surface area (Å²) in [5.41, 5.74) is 0.694. The van der Waals surface area contributed by atoms with Gasteiger partial charge in [0.15, 0.2) is 0 Å². The highest BCUT2D eigenvalue weighted by Crippen LogP contribution is 2.14. The van der Waals surface area contributed by atoms with Crippen LogP contribution in [0.4, 0.5) is 0 Å². The standard InChI is InChI=1S/C9H7N2O2S/c10-14(12,13)8-5-7-3-1-2-4-9(7)11-6-8/h1-5H,(H2,10,12,13). The number of fused-ring (bicyclic) bond motifs is 1. The summed E-state index contributed by atoms with van der Waals surface area (Å²) >= 11 is 0. The van der Waals surface area contributed by atoms with Crippen molar-refractivity contribution >= 4 is 20.9 Å². The minimum absolute atomic E-state index is 0.0869. The van der Waals surface area contributed by atoms with Crippen molar-refractivity contribution in [3.8, 4) is 0 Å². The van der Waals surface area contributed by atoms with Crippen LogP contribution in [-0.4, -0.2) is 13.4 Å². The number of hydrogen-bond donors (Lipinski definition) is 1. The molecule has 1 aromatic carbocycles. The number of nitrogens with two attached hydrogens (primary N) is 1. The van der Waals surface area contributed by atoms with Gasteiger partial charge in [0.2, 0.25) is 10.0 Å². The minimum atomic E-state index is -3.71. The van der Waals surface area contributed by atoms with Crippen LogP contribution in [0.15, 0.2) is 35.2 Å². The number of sulfonamides is 1. The Morgan fingerprint density at radius 1 is 1.29 bits per heavy atom. The quantitative estimate of drug-likeness (QED) is 0.747. The Morgan fingerprint density at radius 2 is 2.00 bits per heavy atom. The summed E-state index contributed by atoms with van der Waals surface area (Å²) in [6, 6.07) is 8.62. The first-order chi connectivity index (χ1) is 6.57. The summed E-state index contributed by atoms with van der Waals surface area (Å²) in [5.74, 6) is 0. The highest BCUT2D eigenvalue weighted by atomic mass is 32.2. The van der Waals surface area contributed by atoms with Crippen molar-refractivity contribution in [2.45, 2.75) is 4.90 Å². The van der Waals surface area contributed by atoms with Crippen molar-refractivity contribution < 1.29 is 8.42 Å². The number of rotatable bonds is 1. The molecule has 0 bridgehead atoms. The van der Waals surface area contributed by atoms with E-state index in [1.807, 2.05) is 6.07 Å². The molecule has 4 nitrogen and oxygen atoms in total. The molecule has 2 rings (SSSR count). The Balaban J connectivity index is 2.75. The maximum absolute atomic E-state index is 11.0. The molecule has 2 aromatic rings. The number of primary sulfonamides is 1. The molecule has 1 heterocycles. The van der Waals surface area contributed by atoms with Gasteiger partial charge in [-0.2, -0.15) is 0 Å². The molecule has 2 N–H and O–H groups in total. The highest BCUT2D eigenvalue weighted by Gasteiger charge is 2.08. The van der Waals surface area contributed by atoms with Crippen molar-refractivity contribution in [2.75, 3.05) is 0 Å². The Bertz CT molecular complexity index is 578. The number of pyridine rings is 1. The van der Waals surface area contributed by atoms with E-state index in [4.69, 9.17) is 5.14 Å². The summed E-state index contributed by atoms with van der Waals surface area (Å²) < 4.78 is 22.0. The molecule has 0 spiro atoms. The first-order valence-electron chi connectivity index (χ1n) is 3.88. The largest absolute Gasteiger partial charge is 0.245 e. The van der Waals surface area contributed by atoms with E-state index in [0.29, 0.717) is 5.52 Å². The van der Waals surface area contributed by atoms with Crippen LogP contribution in [0.2, 0.25) is 0 Å². The lowest BCUT2D eigenvalue weighted by molar-refractivity contribution is 0.597. The summed E-state index contributed by atoms with van der Waals surface area (Å²) in [6.07, 6.45) is 2.39. The van der Waals surface area contributed by atoms with Gasteiger partial charge in [0.05, 0.1) is 5.52 Å². The van der Waals surface area contributed by atoms with Gasteiger partial charge >= 0.3 is 0 Å². The summed E-state index contributed by atoms with van der Waals surface area (Å²) in [7, 11) is -3.71.